The molecule has 0 saturated carbocycles. The van der Waals surface area contributed by atoms with Crippen molar-refractivity contribution in [2.24, 2.45) is 5.73 Å². The van der Waals surface area contributed by atoms with Gasteiger partial charge in [0.2, 0.25) is 5.88 Å². The molecular weight excluding hydrogens is 492 g/mol. The lowest BCUT2D eigenvalue weighted by Gasteiger charge is -2.27. The molecular formula is C32H26N2O5. The van der Waals surface area contributed by atoms with E-state index < -0.39 is 11.9 Å². The van der Waals surface area contributed by atoms with Crippen LogP contribution in [-0.4, -0.2) is 19.7 Å². The van der Waals surface area contributed by atoms with Gasteiger partial charge < -0.3 is 24.7 Å². The van der Waals surface area contributed by atoms with Gasteiger partial charge in [-0.2, -0.15) is 5.26 Å². The van der Waals surface area contributed by atoms with Crippen LogP contribution in [0.25, 0.3) is 10.8 Å². The Morgan fingerprint density at radius 2 is 1.90 bits per heavy atom. The minimum absolute atomic E-state index is 0.0137. The summed E-state index contributed by atoms with van der Waals surface area (Å²) in [6, 6.07) is 26.4. The molecule has 0 fully saturated rings. The molecule has 39 heavy (non-hydrogen) atoms. The Morgan fingerprint density at radius 1 is 1.08 bits per heavy atom. The van der Waals surface area contributed by atoms with E-state index in [1.54, 1.807) is 43.5 Å². The van der Waals surface area contributed by atoms with Crippen molar-refractivity contribution in [1.82, 2.24) is 0 Å². The second-order valence-corrected chi connectivity index (χ2v) is 8.92. The van der Waals surface area contributed by atoms with E-state index in [2.05, 4.69) is 12.6 Å². The van der Waals surface area contributed by atoms with Gasteiger partial charge in [-0.25, -0.2) is 0 Å². The number of hydrogen-bond donors (Lipinski definition) is 1. The molecule has 1 atom stereocenters. The van der Waals surface area contributed by atoms with Gasteiger partial charge in [0.05, 0.1) is 19.4 Å². The number of methoxy groups -OCH3 is 1. The molecule has 1 aliphatic rings. The van der Waals surface area contributed by atoms with Crippen molar-refractivity contribution >= 4 is 16.7 Å². The van der Waals surface area contributed by atoms with Crippen LogP contribution in [0, 0.1) is 11.3 Å². The average molecular weight is 519 g/mol. The number of hydrogen-bond acceptors (Lipinski definition) is 7. The van der Waals surface area contributed by atoms with E-state index in [1.807, 2.05) is 48.5 Å². The lowest BCUT2D eigenvalue weighted by Crippen LogP contribution is -2.21. The fourth-order valence-electron chi connectivity index (χ4n) is 4.74. The molecule has 5 rings (SSSR count). The molecule has 0 spiro atoms. The standard InChI is InChI=1S/C32H26N2O5/c1-3-15-37-27-14-11-22(16-29(27)36-2)31-25-13-12-23(18-28(25)39-32(34)26(31)19-33)38-30(35)17-21-9-6-8-20-7-4-5-10-24(20)21/h3-14,16,18,31H,1,15,17,34H2,2H3. The van der Waals surface area contributed by atoms with E-state index in [1.165, 1.54) is 0 Å². The van der Waals surface area contributed by atoms with Gasteiger partial charge in [0.15, 0.2) is 11.5 Å². The number of fused-ring (bicyclic) bond motifs is 2. The molecule has 0 aliphatic carbocycles. The van der Waals surface area contributed by atoms with Crippen LogP contribution < -0.4 is 24.7 Å². The topological polar surface area (TPSA) is 104 Å². The highest BCUT2D eigenvalue weighted by Gasteiger charge is 2.31. The van der Waals surface area contributed by atoms with Crippen molar-refractivity contribution in [2.75, 3.05) is 13.7 Å². The summed E-state index contributed by atoms with van der Waals surface area (Å²) in [6.07, 6.45) is 1.76. The van der Waals surface area contributed by atoms with Gasteiger partial charge in [-0.05, 0) is 40.1 Å². The van der Waals surface area contributed by atoms with E-state index >= 15 is 0 Å². The summed E-state index contributed by atoms with van der Waals surface area (Å²) in [5.74, 6) is 0.852. The fourth-order valence-corrected chi connectivity index (χ4v) is 4.74. The van der Waals surface area contributed by atoms with Gasteiger partial charge in [-0.15, -0.1) is 0 Å². The van der Waals surface area contributed by atoms with Crippen LogP contribution in [-0.2, 0) is 11.2 Å². The summed E-state index contributed by atoms with van der Waals surface area (Å²) in [7, 11) is 1.55. The average Bonchev–Trinajstić information content (AvgIpc) is 2.95. The van der Waals surface area contributed by atoms with Crippen LogP contribution in [0.1, 0.15) is 22.6 Å². The number of nitrogens with zero attached hydrogens (tertiary/aromatic N) is 1. The van der Waals surface area contributed by atoms with Crippen LogP contribution in [0.15, 0.2) is 103 Å². The van der Waals surface area contributed by atoms with Crippen LogP contribution in [0.4, 0.5) is 0 Å². The number of benzene rings is 4. The van der Waals surface area contributed by atoms with Crippen LogP contribution in [0.2, 0.25) is 0 Å². The molecule has 7 nitrogen and oxygen atoms in total. The van der Waals surface area contributed by atoms with Crippen molar-refractivity contribution in [3.8, 4) is 29.1 Å². The minimum Gasteiger partial charge on any atom is -0.493 e. The number of rotatable bonds is 8. The van der Waals surface area contributed by atoms with E-state index in [0.29, 0.717) is 35.2 Å². The third kappa shape index (κ3) is 5.13. The highest BCUT2D eigenvalue weighted by Crippen LogP contribution is 2.45. The van der Waals surface area contributed by atoms with Crippen molar-refractivity contribution < 1.29 is 23.7 Å². The Kier molecular flexibility index (Phi) is 7.19. The summed E-state index contributed by atoms with van der Waals surface area (Å²) in [6.45, 7) is 3.99. The van der Waals surface area contributed by atoms with Gasteiger partial charge >= 0.3 is 5.97 Å². The first-order valence-corrected chi connectivity index (χ1v) is 12.3. The van der Waals surface area contributed by atoms with E-state index in [-0.39, 0.29) is 17.9 Å². The van der Waals surface area contributed by atoms with Crippen molar-refractivity contribution in [1.29, 1.82) is 5.26 Å². The lowest BCUT2D eigenvalue weighted by molar-refractivity contribution is -0.133. The van der Waals surface area contributed by atoms with E-state index in [0.717, 1.165) is 21.9 Å². The smallest absolute Gasteiger partial charge is 0.315 e. The number of carbonyl (C=O) groups excluding carboxylic acids is 1. The summed E-state index contributed by atoms with van der Waals surface area (Å²) in [5, 5.41) is 12.0. The van der Waals surface area contributed by atoms with Gasteiger partial charge in [-0.1, -0.05) is 67.3 Å². The first kappa shape index (κ1) is 25.4. The molecule has 2 N–H and O–H groups in total. The molecule has 0 saturated heterocycles. The van der Waals surface area contributed by atoms with Crippen LogP contribution in [0.3, 0.4) is 0 Å². The highest BCUT2D eigenvalue weighted by molar-refractivity contribution is 5.89. The predicted octanol–water partition coefficient (Wildman–Crippen LogP) is 5.78. The molecule has 194 valence electrons. The molecule has 4 aromatic carbocycles. The largest absolute Gasteiger partial charge is 0.493 e. The molecule has 4 aromatic rings. The summed E-state index contributed by atoms with van der Waals surface area (Å²) in [4.78, 5) is 12.8. The summed E-state index contributed by atoms with van der Waals surface area (Å²) >= 11 is 0. The van der Waals surface area contributed by atoms with Crippen molar-refractivity contribution in [2.45, 2.75) is 12.3 Å². The van der Waals surface area contributed by atoms with Crippen molar-refractivity contribution in [3.63, 3.8) is 0 Å². The quantitative estimate of drug-likeness (QED) is 0.179. The SMILES string of the molecule is C=CCOc1ccc(C2C(C#N)=C(N)Oc3cc(OC(=O)Cc4cccc5ccccc45)ccc32)cc1OC. The molecule has 1 unspecified atom stereocenters. The lowest BCUT2D eigenvalue weighted by atomic mass is 9.83. The molecule has 0 amide bonds. The Labute approximate surface area is 226 Å². The van der Waals surface area contributed by atoms with Gasteiger partial charge in [0, 0.05) is 11.6 Å². The molecule has 1 aliphatic heterocycles. The predicted molar refractivity (Wildman–Crippen MR) is 148 cm³/mol. The Balaban J connectivity index is 1.43. The maximum absolute atomic E-state index is 12.8. The maximum atomic E-state index is 12.8. The van der Waals surface area contributed by atoms with Gasteiger partial charge in [0.25, 0.3) is 0 Å². The number of nitrogens with two attached hydrogens (primary N) is 1. The number of esters is 1. The molecule has 0 radical (unpaired) electrons. The monoisotopic (exact) mass is 518 g/mol. The number of allylic oxidation sites excluding steroid dienone is 1. The molecule has 0 aromatic heterocycles. The van der Waals surface area contributed by atoms with E-state index in [9.17, 15) is 10.1 Å². The first-order chi connectivity index (χ1) is 19.0. The first-order valence-electron chi connectivity index (χ1n) is 12.3. The number of carbonyl (C=O) groups is 1. The third-order valence-electron chi connectivity index (χ3n) is 6.51. The second kappa shape index (κ2) is 11.0. The minimum atomic E-state index is -0.512. The van der Waals surface area contributed by atoms with Crippen LogP contribution in [0.5, 0.6) is 23.0 Å². The maximum Gasteiger partial charge on any atom is 0.315 e. The Hall–Kier alpha value is -5.22. The summed E-state index contributed by atoms with van der Waals surface area (Å²) < 4.78 is 22.6. The third-order valence-corrected chi connectivity index (χ3v) is 6.51. The highest BCUT2D eigenvalue weighted by atomic mass is 16.5. The van der Waals surface area contributed by atoms with Gasteiger partial charge in [-0.3, -0.25) is 4.79 Å². The van der Waals surface area contributed by atoms with Crippen molar-refractivity contribution in [3.05, 3.63) is 120 Å². The zero-order valence-corrected chi connectivity index (χ0v) is 21.3. The number of nitriles is 1. The normalized spacial score (nSPS) is 14.1. The number of ether oxygens (including phenoxy) is 4. The molecule has 7 heteroatoms. The zero-order valence-electron chi connectivity index (χ0n) is 21.3. The molecule has 0 bridgehead atoms. The zero-order chi connectivity index (χ0) is 27.4. The van der Waals surface area contributed by atoms with Crippen LogP contribution >= 0.6 is 0 Å². The van der Waals surface area contributed by atoms with E-state index in [4.69, 9.17) is 24.7 Å². The second-order valence-electron chi connectivity index (χ2n) is 8.92. The molecule has 1 heterocycles. The Morgan fingerprint density at radius 3 is 2.69 bits per heavy atom. The Bertz CT molecular complexity index is 1650. The summed E-state index contributed by atoms with van der Waals surface area (Å²) in [5.41, 5.74) is 8.79. The fraction of sp³-hybridized carbons (Fsp3) is 0.125. The van der Waals surface area contributed by atoms with Gasteiger partial charge in [0.1, 0.15) is 29.7 Å².